The zero-order valence-corrected chi connectivity index (χ0v) is 20.9. The Morgan fingerprint density at radius 1 is 1.18 bits per heavy atom. The van der Waals surface area contributed by atoms with Crippen LogP contribution in [0, 0.1) is 11.7 Å². The fourth-order valence-electron chi connectivity index (χ4n) is 4.50. The van der Waals surface area contributed by atoms with Gasteiger partial charge in [-0.05, 0) is 43.2 Å². The van der Waals surface area contributed by atoms with E-state index >= 15 is 0 Å². The Morgan fingerprint density at radius 2 is 1.91 bits per heavy atom. The third kappa shape index (κ3) is 5.50. The van der Waals surface area contributed by atoms with E-state index in [2.05, 4.69) is 18.7 Å². The van der Waals surface area contributed by atoms with Crippen molar-refractivity contribution >= 4 is 17.5 Å². The molecule has 0 unspecified atom stereocenters. The fourth-order valence-corrected chi connectivity index (χ4v) is 4.63. The zero-order valence-electron chi connectivity index (χ0n) is 20.1. The smallest absolute Gasteiger partial charge is 0.223 e. The molecule has 0 saturated heterocycles. The first-order valence-corrected chi connectivity index (χ1v) is 12.3. The second-order valence-electron chi connectivity index (χ2n) is 9.32. The summed E-state index contributed by atoms with van der Waals surface area (Å²) in [7, 11) is 0. The van der Waals surface area contributed by atoms with E-state index in [1.165, 1.54) is 6.07 Å². The number of amides is 1. The van der Waals surface area contributed by atoms with E-state index < -0.39 is 0 Å². The minimum Gasteiger partial charge on any atom is -0.337 e. The van der Waals surface area contributed by atoms with Gasteiger partial charge in [0.05, 0.1) is 23.6 Å². The average molecular weight is 483 g/mol. The maximum atomic E-state index is 14.3. The van der Waals surface area contributed by atoms with Crippen molar-refractivity contribution in [3.05, 3.63) is 81.9 Å². The van der Waals surface area contributed by atoms with Crippen LogP contribution in [0.5, 0.6) is 0 Å². The predicted molar refractivity (Wildman–Crippen MR) is 133 cm³/mol. The molecule has 0 atom stereocenters. The van der Waals surface area contributed by atoms with Gasteiger partial charge in [0.1, 0.15) is 5.82 Å². The number of aromatic nitrogens is 2. The summed E-state index contributed by atoms with van der Waals surface area (Å²) in [5.41, 5.74) is 4.83. The lowest BCUT2D eigenvalue weighted by Crippen LogP contribution is -2.33. The van der Waals surface area contributed by atoms with Crippen molar-refractivity contribution in [2.24, 2.45) is 5.92 Å². The van der Waals surface area contributed by atoms with Gasteiger partial charge in [-0.2, -0.15) is 5.10 Å². The minimum absolute atomic E-state index is 0.145. The van der Waals surface area contributed by atoms with Crippen molar-refractivity contribution in [2.75, 3.05) is 13.1 Å². The molecule has 180 valence electrons. The Bertz CT molecular complexity index is 1140. The van der Waals surface area contributed by atoms with E-state index in [0.29, 0.717) is 49.1 Å². The van der Waals surface area contributed by atoms with Crippen LogP contribution in [-0.4, -0.2) is 38.6 Å². The van der Waals surface area contributed by atoms with Crippen LogP contribution in [0.2, 0.25) is 5.02 Å². The zero-order chi connectivity index (χ0) is 24.2. The SMILES string of the molecule is CCN(Cc1nn(-c2ccc(Cl)cc2)c2c1CN(Cc1ccccc1F)CC2)C(=O)CC(C)C. The van der Waals surface area contributed by atoms with Crippen LogP contribution < -0.4 is 0 Å². The third-order valence-electron chi connectivity index (χ3n) is 6.30. The van der Waals surface area contributed by atoms with Gasteiger partial charge in [0.15, 0.2) is 0 Å². The summed E-state index contributed by atoms with van der Waals surface area (Å²) in [5.74, 6) is 0.270. The summed E-state index contributed by atoms with van der Waals surface area (Å²) in [5, 5.41) is 5.66. The summed E-state index contributed by atoms with van der Waals surface area (Å²) in [6.07, 6.45) is 1.32. The monoisotopic (exact) mass is 482 g/mol. The fraction of sp³-hybridized carbons (Fsp3) is 0.407. The van der Waals surface area contributed by atoms with E-state index in [0.717, 1.165) is 35.6 Å². The van der Waals surface area contributed by atoms with Crippen LogP contribution in [-0.2, 0) is 30.8 Å². The molecule has 3 aromatic rings. The van der Waals surface area contributed by atoms with Gasteiger partial charge in [0, 0.05) is 55.2 Å². The number of benzene rings is 2. The number of nitrogens with zero attached hydrogens (tertiary/aromatic N) is 4. The molecular weight excluding hydrogens is 451 g/mol. The molecule has 0 saturated carbocycles. The molecule has 1 aromatic heterocycles. The van der Waals surface area contributed by atoms with E-state index in [-0.39, 0.29) is 11.7 Å². The van der Waals surface area contributed by atoms with Crippen LogP contribution in [0.15, 0.2) is 48.5 Å². The highest BCUT2D eigenvalue weighted by molar-refractivity contribution is 6.30. The molecule has 0 radical (unpaired) electrons. The van der Waals surface area contributed by atoms with Gasteiger partial charge >= 0.3 is 0 Å². The molecular formula is C27H32ClFN4O. The number of rotatable bonds is 8. The summed E-state index contributed by atoms with van der Waals surface area (Å²) in [6.45, 7) is 9.25. The highest BCUT2D eigenvalue weighted by atomic mass is 35.5. The maximum absolute atomic E-state index is 14.3. The van der Waals surface area contributed by atoms with Crippen LogP contribution in [0.25, 0.3) is 5.69 Å². The van der Waals surface area contributed by atoms with Crippen LogP contribution in [0.4, 0.5) is 4.39 Å². The Labute approximate surface area is 206 Å². The molecule has 2 aromatic carbocycles. The van der Waals surface area contributed by atoms with Crippen molar-refractivity contribution < 1.29 is 9.18 Å². The summed E-state index contributed by atoms with van der Waals surface area (Å²) in [6, 6.07) is 14.6. The highest BCUT2D eigenvalue weighted by Crippen LogP contribution is 2.28. The summed E-state index contributed by atoms with van der Waals surface area (Å²) in [4.78, 5) is 17.0. The first-order chi connectivity index (χ1) is 16.4. The number of hydrogen-bond donors (Lipinski definition) is 0. The lowest BCUT2D eigenvalue weighted by Gasteiger charge is -2.28. The van der Waals surface area contributed by atoms with Gasteiger partial charge < -0.3 is 4.90 Å². The Morgan fingerprint density at radius 3 is 2.59 bits per heavy atom. The van der Waals surface area contributed by atoms with Crippen molar-refractivity contribution in [3.63, 3.8) is 0 Å². The molecule has 34 heavy (non-hydrogen) atoms. The largest absolute Gasteiger partial charge is 0.337 e. The average Bonchev–Trinajstić information content (AvgIpc) is 3.16. The first-order valence-electron chi connectivity index (χ1n) is 11.9. The van der Waals surface area contributed by atoms with Crippen LogP contribution in [0.1, 0.15) is 49.7 Å². The molecule has 5 nitrogen and oxygen atoms in total. The van der Waals surface area contributed by atoms with Crippen molar-refractivity contribution in [1.29, 1.82) is 0 Å². The molecule has 0 bridgehead atoms. The van der Waals surface area contributed by atoms with Crippen LogP contribution in [0.3, 0.4) is 0 Å². The van der Waals surface area contributed by atoms with Gasteiger partial charge in [-0.25, -0.2) is 9.07 Å². The lowest BCUT2D eigenvalue weighted by atomic mass is 10.0. The van der Waals surface area contributed by atoms with Gasteiger partial charge in [-0.3, -0.25) is 9.69 Å². The second kappa shape index (κ2) is 10.7. The summed E-state index contributed by atoms with van der Waals surface area (Å²) < 4.78 is 16.3. The standard InChI is InChI=1S/C27H32ClFN4O/c1-4-32(27(34)15-19(2)3)18-25-23-17-31(16-20-7-5-6-8-24(20)29)14-13-26(23)33(30-25)22-11-9-21(28)10-12-22/h5-12,19H,4,13-18H2,1-3H3. The van der Waals surface area contributed by atoms with E-state index in [1.54, 1.807) is 6.07 Å². The highest BCUT2D eigenvalue weighted by Gasteiger charge is 2.27. The minimum atomic E-state index is -0.179. The van der Waals surface area contributed by atoms with Crippen molar-refractivity contribution in [2.45, 2.75) is 53.2 Å². The van der Waals surface area contributed by atoms with E-state index in [9.17, 15) is 9.18 Å². The molecule has 7 heteroatoms. The number of carbonyl (C=O) groups is 1. The third-order valence-corrected chi connectivity index (χ3v) is 6.55. The van der Waals surface area contributed by atoms with E-state index in [1.807, 2.05) is 52.9 Å². The number of hydrogen-bond acceptors (Lipinski definition) is 3. The molecule has 0 aliphatic carbocycles. The number of carbonyl (C=O) groups excluding carboxylic acids is 1. The van der Waals surface area contributed by atoms with E-state index in [4.69, 9.17) is 16.7 Å². The normalized spacial score (nSPS) is 13.8. The Balaban J connectivity index is 1.66. The molecule has 0 spiro atoms. The van der Waals surface area contributed by atoms with Crippen molar-refractivity contribution in [1.82, 2.24) is 19.6 Å². The molecule has 0 fully saturated rings. The topological polar surface area (TPSA) is 41.4 Å². The molecule has 1 amide bonds. The molecule has 1 aliphatic heterocycles. The molecule has 0 N–H and O–H groups in total. The number of halogens is 2. The Kier molecular flexibility index (Phi) is 7.69. The predicted octanol–water partition coefficient (Wildman–Crippen LogP) is 5.62. The number of fused-ring (bicyclic) bond motifs is 1. The molecule has 2 heterocycles. The maximum Gasteiger partial charge on any atom is 0.223 e. The quantitative estimate of drug-likeness (QED) is 0.418. The molecule has 4 rings (SSSR count). The second-order valence-corrected chi connectivity index (χ2v) is 9.75. The van der Waals surface area contributed by atoms with Gasteiger partial charge in [0.2, 0.25) is 5.91 Å². The Hall–Kier alpha value is -2.70. The lowest BCUT2D eigenvalue weighted by molar-refractivity contribution is -0.132. The van der Waals surface area contributed by atoms with Crippen molar-refractivity contribution in [3.8, 4) is 5.69 Å². The van der Waals surface area contributed by atoms with Crippen LogP contribution >= 0.6 is 11.6 Å². The first kappa shape index (κ1) is 24.4. The van der Waals surface area contributed by atoms with Gasteiger partial charge in [-0.1, -0.05) is 43.6 Å². The van der Waals surface area contributed by atoms with Gasteiger partial charge in [-0.15, -0.1) is 0 Å². The summed E-state index contributed by atoms with van der Waals surface area (Å²) >= 11 is 6.11. The van der Waals surface area contributed by atoms with Gasteiger partial charge in [0.25, 0.3) is 0 Å². The molecule has 1 aliphatic rings.